The smallest absolute Gasteiger partial charge is 0.318 e. The first-order valence-corrected chi connectivity index (χ1v) is 4.60. The van der Waals surface area contributed by atoms with Crippen LogP contribution in [-0.2, 0) is 27.7 Å². The Bertz CT molecular complexity index is 437. The maximum absolute atomic E-state index is 5.50. The van der Waals surface area contributed by atoms with Crippen molar-refractivity contribution < 1.29 is 25.8 Å². The molecule has 0 amide bonds. The number of anilines is 1. The number of rotatable bonds is 3. The number of hydrogen-bond donors (Lipinski definition) is 1. The van der Waals surface area contributed by atoms with E-state index in [2.05, 4.69) is 9.97 Å². The summed E-state index contributed by atoms with van der Waals surface area (Å²) in [6.45, 7) is 0.449. The van der Waals surface area contributed by atoms with Gasteiger partial charge in [-0.1, -0.05) is 30.3 Å². The summed E-state index contributed by atoms with van der Waals surface area (Å²) in [6.07, 6.45) is 1.57. The number of nitrogen functional groups attached to an aromatic ring is 1. The second-order valence-corrected chi connectivity index (χ2v) is 3.04. The summed E-state index contributed by atoms with van der Waals surface area (Å²) in [5.74, 6) is 0.410. The van der Waals surface area contributed by atoms with E-state index in [1.165, 1.54) is 0 Å². The van der Waals surface area contributed by atoms with Crippen LogP contribution in [0.5, 0.6) is 6.01 Å². The molecule has 2 aromatic rings. The van der Waals surface area contributed by atoms with E-state index in [4.69, 9.17) is 10.5 Å². The van der Waals surface area contributed by atoms with Gasteiger partial charge in [-0.15, -0.1) is 0 Å². The van der Waals surface area contributed by atoms with Crippen molar-refractivity contribution in [3.63, 3.8) is 0 Å². The third-order valence-electron chi connectivity index (χ3n) is 1.87. The Kier molecular flexibility index (Phi) is 7.15. The largest absolute Gasteiger partial charge is 0.459 e. The van der Waals surface area contributed by atoms with Crippen LogP contribution in [-0.4, -0.2) is 9.97 Å². The SMILES string of the molecule is Nc1ccnc(OCc2ccccc2)n1.[CH3-].[W]. The van der Waals surface area contributed by atoms with E-state index in [9.17, 15) is 0 Å². The van der Waals surface area contributed by atoms with E-state index in [0.29, 0.717) is 18.4 Å². The molecule has 0 aliphatic carbocycles. The van der Waals surface area contributed by atoms with Crippen LogP contribution in [0.4, 0.5) is 5.82 Å². The fraction of sp³-hybridized carbons (Fsp3) is 0.0833. The average Bonchev–Trinajstić information content (AvgIpc) is 2.28. The van der Waals surface area contributed by atoms with Gasteiger partial charge in [0.05, 0.1) is 0 Å². The standard InChI is InChI=1S/C11H11N3O.CH3.W/c12-10-6-7-13-11(14-10)15-8-9-4-2-1-3-5-9;;/h1-7H,8H2,(H2,12,13,14);1H3;/q;-1;. The summed E-state index contributed by atoms with van der Waals surface area (Å²) in [5.41, 5.74) is 6.57. The zero-order valence-corrected chi connectivity index (χ0v) is 12.5. The molecule has 0 saturated heterocycles. The Labute approximate surface area is 116 Å². The van der Waals surface area contributed by atoms with Crippen LogP contribution >= 0.6 is 0 Å². The van der Waals surface area contributed by atoms with Gasteiger partial charge in [0.1, 0.15) is 12.4 Å². The van der Waals surface area contributed by atoms with E-state index in [1.54, 1.807) is 12.3 Å². The molecule has 2 N–H and O–H groups in total. The zero-order valence-electron chi connectivity index (χ0n) is 9.54. The van der Waals surface area contributed by atoms with E-state index in [0.717, 1.165) is 5.56 Å². The van der Waals surface area contributed by atoms with Crippen LogP contribution in [0, 0.1) is 7.43 Å². The molecule has 1 heterocycles. The maximum atomic E-state index is 5.50. The van der Waals surface area contributed by atoms with Crippen LogP contribution < -0.4 is 10.5 Å². The normalized spacial score (nSPS) is 8.71. The van der Waals surface area contributed by atoms with Gasteiger partial charge in [0.2, 0.25) is 0 Å². The monoisotopic (exact) mass is 400 g/mol. The van der Waals surface area contributed by atoms with E-state index >= 15 is 0 Å². The van der Waals surface area contributed by atoms with Gasteiger partial charge in [-0.2, -0.15) is 4.98 Å². The van der Waals surface area contributed by atoms with Crippen molar-refractivity contribution in [2.75, 3.05) is 5.73 Å². The molecule has 0 atom stereocenters. The minimum absolute atomic E-state index is 0. The van der Waals surface area contributed by atoms with E-state index in [1.807, 2.05) is 30.3 Å². The Morgan fingerprint density at radius 3 is 2.47 bits per heavy atom. The van der Waals surface area contributed by atoms with Crippen molar-refractivity contribution in [2.45, 2.75) is 6.61 Å². The molecular weight excluding hydrogens is 386 g/mol. The number of ether oxygens (including phenoxy) is 1. The fourth-order valence-electron chi connectivity index (χ4n) is 1.15. The second-order valence-electron chi connectivity index (χ2n) is 3.04. The summed E-state index contributed by atoms with van der Waals surface area (Å²) in [4.78, 5) is 7.87. The number of benzene rings is 1. The molecular formula is C12H14N3OW-. The van der Waals surface area contributed by atoms with Crippen LogP contribution in [0.1, 0.15) is 5.56 Å². The molecule has 4 nitrogen and oxygen atoms in total. The number of aromatic nitrogens is 2. The maximum Gasteiger partial charge on any atom is 0.318 e. The van der Waals surface area contributed by atoms with Gasteiger partial charge >= 0.3 is 6.01 Å². The summed E-state index contributed by atoms with van der Waals surface area (Å²) in [6, 6.07) is 11.8. The Hall–Kier alpha value is -1.41. The van der Waals surface area contributed by atoms with Crippen LogP contribution in [0.15, 0.2) is 42.6 Å². The molecule has 0 radical (unpaired) electrons. The predicted octanol–water partition coefficient (Wildman–Crippen LogP) is 2.09. The van der Waals surface area contributed by atoms with Crippen molar-refractivity contribution in [3.8, 4) is 6.01 Å². The van der Waals surface area contributed by atoms with Crippen LogP contribution in [0.3, 0.4) is 0 Å². The quantitative estimate of drug-likeness (QED) is 0.802. The third-order valence-corrected chi connectivity index (χ3v) is 1.87. The van der Waals surface area contributed by atoms with Gasteiger partial charge in [-0.05, 0) is 11.6 Å². The molecule has 2 rings (SSSR count). The summed E-state index contributed by atoms with van der Waals surface area (Å²) in [5, 5.41) is 0. The first kappa shape index (κ1) is 15.6. The molecule has 17 heavy (non-hydrogen) atoms. The Morgan fingerprint density at radius 1 is 1.12 bits per heavy atom. The Balaban J connectivity index is 0.00000128. The number of hydrogen-bond acceptors (Lipinski definition) is 4. The molecule has 90 valence electrons. The molecule has 0 unspecified atom stereocenters. The molecule has 1 aromatic heterocycles. The molecule has 0 spiro atoms. The Morgan fingerprint density at radius 2 is 1.82 bits per heavy atom. The van der Waals surface area contributed by atoms with Crippen molar-refractivity contribution in [1.29, 1.82) is 0 Å². The molecule has 0 saturated carbocycles. The van der Waals surface area contributed by atoms with Crippen molar-refractivity contribution in [3.05, 3.63) is 55.6 Å². The van der Waals surface area contributed by atoms with Crippen molar-refractivity contribution >= 4 is 5.82 Å². The van der Waals surface area contributed by atoms with Crippen LogP contribution in [0.25, 0.3) is 0 Å². The molecule has 5 heteroatoms. The molecule has 0 aliphatic rings. The first-order valence-electron chi connectivity index (χ1n) is 4.60. The zero-order chi connectivity index (χ0) is 10.5. The topological polar surface area (TPSA) is 61.0 Å². The predicted molar refractivity (Wildman–Crippen MR) is 63.6 cm³/mol. The first-order chi connectivity index (χ1) is 7.34. The van der Waals surface area contributed by atoms with Gasteiger partial charge in [0, 0.05) is 27.3 Å². The summed E-state index contributed by atoms with van der Waals surface area (Å²) >= 11 is 0. The van der Waals surface area contributed by atoms with Gasteiger partial charge < -0.3 is 17.9 Å². The minimum atomic E-state index is 0. The van der Waals surface area contributed by atoms with Gasteiger partial charge in [-0.3, -0.25) is 0 Å². The van der Waals surface area contributed by atoms with Gasteiger partial charge in [-0.25, -0.2) is 4.98 Å². The molecule has 0 aliphatic heterocycles. The van der Waals surface area contributed by atoms with Crippen molar-refractivity contribution in [2.24, 2.45) is 0 Å². The van der Waals surface area contributed by atoms with Gasteiger partial charge in [0.25, 0.3) is 0 Å². The summed E-state index contributed by atoms with van der Waals surface area (Å²) in [7, 11) is 0. The van der Waals surface area contributed by atoms with Crippen LogP contribution in [0.2, 0.25) is 0 Å². The minimum Gasteiger partial charge on any atom is -0.459 e. The summed E-state index contributed by atoms with van der Waals surface area (Å²) < 4.78 is 5.37. The molecule has 0 bridgehead atoms. The van der Waals surface area contributed by atoms with E-state index < -0.39 is 0 Å². The average molecular weight is 400 g/mol. The third kappa shape index (κ3) is 4.96. The second kappa shape index (κ2) is 7.80. The number of nitrogens with zero attached hydrogens (tertiary/aromatic N) is 2. The number of nitrogens with two attached hydrogens (primary N) is 1. The fourth-order valence-corrected chi connectivity index (χ4v) is 1.15. The molecule has 1 aromatic carbocycles. The molecule has 0 fully saturated rings. The van der Waals surface area contributed by atoms with E-state index in [-0.39, 0.29) is 28.5 Å². The van der Waals surface area contributed by atoms with Gasteiger partial charge in [0.15, 0.2) is 0 Å². The van der Waals surface area contributed by atoms with Crippen molar-refractivity contribution in [1.82, 2.24) is 9.97 Å².